The number of anilines is 1. The van der Waals surface area contributed by atoms with Crippen molar-refractivity contribution >= 4 is 51.4 Å². The Kier molecular flexibility index (Phi) is 6.17. The van der Waals surface area contributed by atoms with Crippen molar-refractivity contribution in [3.05, 3.63) is 22.4 Å². The molecule has 3 rings (SSSR count). The third kappa shape index (κ3) is 4.31. The fourth-order valence-corrected chi connectivity index (χ4v) is 4.56. The second-order valence-electron chi connectivity index (χ2n) is 5.46. The molecule has 8 heteroatoms. The van der Waals surface area contributed by atoms with Crippen LogP contribution < -0.4 is 15.6 Å². The molecule has 0 bridgehead atoms. The summed E-state index contributed by atoms with van der Waals surface area (Å²) in [6.07, 6.45) is 5.63. The van der Waals surface area contributed by atoms with E-state index in [1.165, 1.54) is 24.1 Å². The van der Waals surface area contributed by atoms with Crippen LogP contribution in [-0.2, 0) is 0 Å². The molecule has 0 unspecified atom stereocenters. The molecule has 1 fully saturated rings. The summed E-state index contributed by atoms with van der Waals surface area (Å²) < 4.78 is 0. The van der Waals surface area contributed by atoms with Crippen molar-refractivity contribution in [2.45, 2.75) is 26.2 Å². The predicted octanol–water partition coefficient (Wildman–Crippen LogP) is 3.68. The van der Waals surface area contributed by atoms with Gasteiger partial charge in [0.15, 0.2) is 10.2 Å². The minimum atomic E-state index is 0.534. The van der Waals surface area contributed by atoms with E-state index >= 15 is 0 Å². The zero-order valence-corrected chi connectivity index (χ0v) is 16.1. The number of hydrogen-bond acceptors (Lipinski definition) is 6. The van der Waals surface area contributed by atoms with Crippen molar-refractivity contribution in [3.8, 4) is 10.6 Å². The van der Waals surface area contributed by atoms with Gasteiger partial charge in [-0.15, -0.1) is 11.3 Å². The molecule has 2 N–H and O–H groups in total. The van der Waals surface area contributed by atoms with Crippen LogP contribution in [0.3, 0.4) is 0 Å². The van der Waals surface area contributed by atoms with Crippen molar-refractivity contribution < 1.29 is 0 Å². The molecular weight excluding hydrogens is 358 g/mol. The van der Waals surface area contributed by atoms with Gasteiger partial charge in [-0.1, -0.05) is 17.4 Å². The first-order chi connectivity index (χ1) is 11.8. The molecule has 128 valence electrons. The first-order valence-electron chi connectivity index (χ1n) is 8.14. The van der Waals surface area contributed by atoms with Crippen LogP contribution in [0.15, 0.2) is 22.6 Å². The van der Waals surface area contributed by atoms with Gasteiger partial charge in [0.05, 0.1) is 16.0 Å². The van der Waals surface area contributed by atoms with Gasteiger partial charge in [-0.25, -0.2) is 4.98 Å². The third-order valence-electron chi connectivity index (χ3n) is 3.71. The highest BCUT2D eigenvalue weighted by atomic mass is 32.1. The van der Waals surface area contributed by atoms with E-state index in [1.54, 1.807) is 22.7 Å². The van der Waals surface area contributed by atoms with Crippen molar-refractivity contribution in [1.82, 2.24) is 15.7 Å². The van der Waals surface area contributed by atoms with Gasteiger partial charge < -0.3 is 10.2 Å². The largest absolute Gasteiger partial charge is 0.362 e. The van der Waals surface area contributed by atoms with Crippen molar-refractivity contribution in [1.29, 1.82) is 0 Å². The summed E-state index contributed by atoms with van der Waals surface area (Å²) in [5, 5.41) is 11.0. The smallest absolute Gasteiger partial charge is 0.186 e. The summed E-state index contributed by atoms with van der Waals surface area (Å²) in [6.45, 7) is 4.97. The number of thiazole rings is 1. The first kappa shape index (κ1) is 17.3. The fraction of sp³-hybridized carbons (Fsp3) is 0.438. The Labute approximate surface area is 155 Å². The van der Waals surface area contributed by atoms with Crippen LogP contribution in [0.25, 0.3) is 10.6 Å². The summed E-state index contributed by atoms with van der Waals surface area (Å²) in [7, 11) is 0. The summed E-state index contributed by atoms with van der Waals surface area (Å²) in [5.74, 6) is 0. The summed E-state index contributed by atoms with van der Waals surface area (Å²) in [4.78, 5) is 9.52. The van der Waals surface area contributed by atoms with Gasteiger partial charge in [-0.05, 0) is 49.9 Å². The Morgan fingerprint density at radius 3 is 2.96 bits per heavy atom. The molecule has 1 aliphatic heterocycles. The SMILES string of the molecule is CCNC(=S)N/N=C/c1sc(N2CCCCC2)nc1-c1cccs1. The number of rotatable bonds is 5. The lowest BCUT2D eigenvalue weighted by Crippen LogP contribution is -2.31. The van der Waals surface area contributed by atoms with Crippen molar-refractivity contribution in [2.75, 3.05) is 24.5 Å². The minimum Gasteiger partial charge on any atom is -0.362 e. The van der Waals surface area contributed by atoms with Crippen LogP contribution in [0.5, 0.6) is 0 Å². The maximum absolute atomic E-state index is 5.13. The highest BCUT2D eigenvalue weighted by molar-refractivity contribution is 7.80. The van der Waals surface area contributed by atoms with Crippen LogP contribution in [0.4, 0.5) is 5.13 Å². The Balaban J connectivity index is 1.81. The van der Waals surface area contributed by atoms with Gasteiger partial charge in [0.2, 0.25) is 0 Å². The fourth-order valence-electron chi connectivity index (χ4n) is 2.57. The second-order valence-corrected chi connectivity index (χ2v) is 7.83. The van der Waals surface area contributed by atoms with E-state index in [1.807, 2.05) is 13.1 Å². The maximum atomic E-state index is 5.13. The molecule has 1 saturated heterocycles. The van der Waals surface area contributed by atoms with Gasteiger partial charge in [-0.3, -0.25) is 5.43 Å². The highest BCUT2D eigenvalue weighted by Crippen LogP contribution is 2.35. The molecule has 1 aliphatic rings. The molecule has 24 heavy (non-hydrogen) atoms. The number of hydrogen-bond donors (Lipinski definition) is 2. The monoisotopic (exact) mass is 379 g/mol. The molecule has 0 spiro atoms. The predicted molar refractivity (Wildman–Crippen MR) is 108 cm³/mol. The minimum absolute atomic E-state index is 0.534. The lowest BCUT2D eigenvalue weighted by molar-refractivity contribution is 0.577. The van der Waals surface area contributed by atoms with E-state index < -0.39 is 0 Å². The number of aromatic nitrogens is 1. The van der Waals surface area contributed by atoms with E-state index in [9.17, 15) is 0 Å². The Morgan fingerprint density at radius 2 is 2.25 bits per heavy atom. The molecule has 0 amide bonds. The third-order valence-corrected chi connectivity index (χ3v) is 5.87. The number of thiocarbonyl (C=S) groups is 1. The van der Waals surface area contributed by atoms with Gasteiger partial charge in [-0.2, -0.15) is 5.10 Å². The van der Waals surface area contributed by atoms with E-state index in [0.717, 1.165) is 35.3 Å². The maximum Gasteiger partial charge on any atom is 0.186 e. The van der Waals surface area contributed by atoms with Gasteiger partial charge in [0.25, 0.3) is 0 Å². The van der Waals surface area contributed by atoms with Gasteiger partial charge in [0, 0.05) is 19.6 Å². The second kappa shape index (κ2) is 8.55. The van der Waals surface area contributed by atoms with Crippen molar-refractivity contribution in [3.63, 3.8) is 0 Å². The van der Waals surface area contributed by atoms with E-state index in [4.69, 9.17) is 17.2 Å². The zero-order valence-electron chi connectivity index (χ0n) is 13.6. The van der Waals surface area contributed by atoms with Crippen LogP contribution >= 0.6 is 34.9 Å². The average molecular weight is 380 g/mol. The Bertz CT molecular complexity index is 687. The summed E-state index contributed by atoms with van der Waals surface area (Å²) >= 11 is 8.54. The number of thiophene rings is 1. The normalized spacial score (nSPS) is 15.0. The van der Waals surface area contributed by atoms with E-state index in [0.29, 0.717) is 5.11 Å². The molecule has 2 aromatic heterocycles. The van der Waals surface area contributed by atoms with Gasteiger partial charge in [0.1, 0.15) is 5.69 Å². The number of hydrazone groups is 1. The average Bonchev–Trinajstić information content (AvgIpc) is 3.25. The van der Waals surface area contributed by atoms with Crippen molar-refractivity contribution in [2.24, 2.45) is 5.10 Å². The number of piperidine rings is 1. The molecule has 0 aliphatic carbocycles. The molecule has 2 aromatic rings. The highest BCUT2D eigenvalue weighted by Gasteiger charge is 2.19. The molecule has 0 atom stereocenters. The van der Waals surface area contributed by atoms with Gasteiger partial charge >= 0.3 is 0 Å². The lowest BCUT2D eigenvalue weighted by Gasteiger charge is -2.25. The summed E-state index contributed by atoms with van der Waals surface area (Å²) in [5.41, 5.74) is 3.86. The standard InChI is InChI=1S/C16H21N5S3/c1-2-17-15(22)20-18-11-13-14(12-7-6-10-23-12)19-16(24-13)21-8-4-3-5-9-21/h6-7,10-11H,2-5,8-9H2,1H3,(H2,17,20,22)/b18-11+. The van der Waals surface area contributed by atoms with Crippen LogP contribution in [0.2, 0.25) is 0 Å². The van der Waals surface area contributed by atoms with Crippen LogP contribution in [0, 0.1) is 0 Å². The molecule has 3 heterocycles. The Morgan fingerprint density at radius 1 is 1.42 bits per heavy atom. The molecular formula is C16H21N5S3. The topological polar surface area (TPSA) is 52.6 Å². The molecule has 0 aromatic carbocycles. The lowest BCUT2D eigenvalue weighted by atomic mass is 10.1. The molecule has 0 radical (unpaired) electrons. The molecule has 0 saturated carbocycles. The number of nitrogens with zero attached hydrogens (tertiary/aromatic N) is 3. The van der Waals surface area contributed by atoms with E-state index in [-0.39, 0.29) is 0 Å². The molecule has 5 nitrogen and oxygen atoms in total. The quantitative estimate of drug-likeness (QED) is 0.471. The first-order valence-corrected chi connectivity index (χ1v) is 10.2. The van der Waals surface area contributed by atoms with Crippen LogP contribution in [-0.4, -0.2) is 35.9 Å². The number of nitrogens with one attached hydrogen (secondary N) is 2. The Hall–Kier alpha value is -1.51. The van der Waals surface area contributed by atoms with Crippen LogP contribution in [0.1, 0.15) is 31.1 Å². The summed E-state index contributed by atoms with van der Waals surface area (Å²) in [6, 6.07) is 4.16. The van der Waals surface area contributed by atoms with E-state index in [2.05, 4.69) is 38.3 Å². The zero-order chi connectivity index (χ0) is 16.8.